The molecule has 0 spiro atoms. The van der Waals surface area contributed by atoms with Gasteiger partial charge in [-0.1, -0.05) is 36.4 Å². The molecule has 1 unspecified atom stereocenters. The van der Waals surface area contributed by atoms with E-state index in [2.05, 4.69) is 11.9 Å². The largest absolute Gasteiger partial charge is 0.481 e. The topological polar surface area (TPSA) is 75.6 Å². The zero-order chi connectivity index (χ0) is 16.8. The third kappa shape index (κ3) is 5.41. The molecule has 22 heavy (non-hydrogen) atoms. The Kier molecular flexibility index (Phi) is 6.43. The zero-order valence-electron chi connectivity index (χ0n) is 12.6. The first-order valence-corrected chi connectivity index (χ1v) is 7.17. The molecular weight excluding hydrogens is 306 g/mol. The minimum atomic E-state index is -0.950. The highest BCUT2D eigenvalue weighted by Crippen LogP contribution is 2.32. The summed E-state index contributed by atoms with van der Waals surface area (Å²) in [6.07, 6.45) is 0.714. The highest BCUT2D eigenvalue weighted by Gasteiger charge is 2.34. The molecule has 0 aliphatic carbocycles. The second-order valence-electron chi connectivity index (χ2n) is 5.44. The Morgan fingerprint density at radius 2 is 2.00 bits per heavy atom. The lowest BCUT2D eigenvalue weighted by molar-refractivity contribution is -0.137. The van der Waals surface area contributed by atoms with Gasteiger partial charge in [-0.25, -0.2) is 4.79 Å². The van der Waals surface area contributed by atoms with E-state index in [0.717, 1.165) is 5.56 Å². The minimum Gasteiger partial charge on any atom is -0.481 e. The van der Waals surface area contributed by atoms with E-state index in [-0.39, 0.29) is 13.0 Å². The van der Waals surface area contributed by atoms with Crippen LogP contribution in [0.1, 0.15) is 31.7 Å². The molecule has 120 valence electrons. The lowest BCUT2D eigenvalue weighted by Gasteiger charge is -2.34. The Balaban J connectivity index is 2.98. The van der Waals surface area contributed by atoms with Crippen molar-refractivity contribution in [2.75, 3.05) is 6.61 Å². The summed E-state index contributed by atoms with van der Waals surface area (Å²) in [6.45, 7) is 7.06. The summed E-state index contributed by atoms with van der Waals surface area (Å²) in [5.74, 6) is -1.38. The van der Waals surface area contributed by atoms with Crippen LogP contribution in [-0.4, -0.2) is 29.3 Å². The van der Waals surface area contributed by atoms with Gasteiger partial charge in [0.1, 0.15) is 6.61 Å². The fraction of sp³-hybridized carbons (Fsp3) is 0.375. The summed E-state index contributed by atoms with van der Waals surface area (Å²) in [7, 11) is 0. The zero-order valence-corrected chi connectivity index (χ0v) is 13.4. The van der Waals surface area contributed by atoms with Crippen LogP contribution < -0.4 is 5.32 Å². The SMILES string of the molecule is C=CCOC(=O)NC(C)(C)C(CC(=O)O)c1ccc(Cl)cc1. The average molecular weight is 326 g/mol. The van der Waals surface area contributed by atoms with Gasteiger partial charge in [-0.15, -0.1) is 0 Å². The highest BCUT2D eigenvalue weighted by molar-refractivity contribution is 6.30. The van der Waals surface area contributed by atoms with Crippen molar-refractivity contribution in [2.45, 2.75) is 31.7 Å². The molecule has 1 atom stereocenters. The van der Waals surface area contributed by atoms with E-state index in [9.17, 15) is 9.59 Å². The molecular formula is C16H20ClNO4. The van der Waals surface area contributed by atoms with Crippen molar-refractivity contribution in [3.63, 3.8) is 0 Å². The molecule has 0 saturated carbocycles. The highest BCUT2D eigenvalue weighted by atomic mass is 35.5. The van der Waals surface area contributed by atoms with Crippen molar-refractivity contribution in [1.29, 1.82) is 0 Å². The molecule has 0 bridgehead atoms. The molecule has 2 N–H and O–H groups in total. The molecule has 0 heterocycles. The predicted molar refractivity (Wildman–Crippen MR) is 85.2 cm³/mol. The Hall–Kier alpha value is -2.01. The van der Waals surface area contributed by atoms with E-state index >= 15 is 0 Å². The van der Waals surface area contributed by atoms with Crippen LogP contribution >= 0.6 is 11.6 Å². The first kappa shape index (κ1) is 18.0. The second-order valence-corrected chi connectivity index (χ2v) is 5.87. The molecule has 0 fully saturated rings. The van der Waals surface area contributed by atoms with Gasteiger partial charge in [-0.05, 0) is 31.5 Å². The molecule has 5 nitrogen and oxygen atoms in total. The monoisotopic (exact) mass is 325 g/mol. The lowest BCUT2D eigenvalue weighted by atomic mass is 9.79. The number of halogens is 1. The first-order chi connectivity index (χ1) is 10.3. The van der Waals surface area contributed by atoms with E-state index in [4.69, 9.17) is 21.4 Å². The van der Waals surface area contributed by atoms with Crippen LogP contribution in [0.5, 0.6) is 0 Å². The Labute approximate surface area is 134 Å². The number of carbonyl (C=O) groups excluding carboxylic acids is 1. The predicted octanol–water partition coefficient (Wildman–Crippen LogP) is 3.59. The molecule has 1 rings (SSSR count). The van der Waals surface area contributed by atoms with Gasteiger partial charge in [-0.3, -0.25) is 4.79 Å². The number of nitrogens with one attached hydrogen (secondary N) is 1. The number of amides is 1. The van der Waals surface area contributed by atoms with Gasteiger partial charge in [0, 0.05) is 16.5 Å². The number of rotatable bonds is 7. The van der Waals surface area contributed by atoms with Crippen LogP contribution in [0, 0.1) is 0 Å². The minimum absolute atomic E-state index is 0.0897. The number of alkyl carbamates (subject to hydrolysis) is 1. The molecule has 0 aliphatic rings. The van der Waals surface area contributed by atoms with Gasteiger partial charge in [-0.2, -0.15) is 0 Å². The molecule has 0 aliphatic heterocycles. The van der Waals surface area contributed by atoms with Crippen LogP contribution in [0.4, 0.5) is 4.79 Å². The number of hydrogen-bond donors (Lipinski definition) is 2. The van der Waals surface area contributed by atoms with Crippen molar-refractivity contribution in [2.24, 2.45) is 0 Å². The second kappa shape index (κ2) is 7.84. The molecule has 0 saturated heterocycles. The van der Waals surface area contributed by atoms with Crippen LogP contribution in [0.25, 0.3) is 0 Å². The maximum atomic E-state index is 11.7. The van der Waals surface area contributed by atoms with Crippen molar-refractivity contribution in [3.05, 3.63) is 47.5 Å². The van der Waals surface area contributed by atoms with E-state index in [1.54, 1.807) is 38.1 Å². The Morgan fingerprint density at radius 3 is 2.50 bits per heavy atom. The molecule has 6 heteroatoms. The third-order valence-electron chi connectivity index (χ3n) is 3.28. The summed E-state index contributed by atoms with van der Waals surface area (Å²) < 4.78 is 4.90. The van der Waals surface area contributed by atoms with Crippen LogP contribution in [0.15, 0.2) is 36.9 Å². The summed E-state index contributed by atoms with van der Waals surface area (Å²) in [6, 6.07) is 6.90. The van der Waals surface area contributed by atoms with E-state index in [1.807, 2.05) is 0 Å². The van der Waals surface area contributed by atoms with Crippen molar-refractivity contribution < 1.29 is 19.4 Å². The first-order valence-electron chi connectivity index (χ1n) is 6.79. The molecule has 0 aromatic heterocycles. The number of carboxylic acid groups (broad SMARTS) is 1. The maximum absolute atomic E-state index is 11.7. The Bertz CT molecular complexity index is 540. The number of ether oxygens (including phenoxy) is 1. The third-order valence-corrected chi connectivity index (χ3v) is 3.53. The van der Waals surface area contributed by atoms with Gasteiger partial charge in [0.25, 0.3) is 0 Å². The standard InChI is InChI=1S/C16H20ClNO4/c1-4-9-22-15(21)18-16(2,3)13(10-14(19)20)11-5-7-12(17)8-6-11/h4-8,13H,1,9-10H2,2-3H3,(H,18,21)(H,19,20). The van der Waals surface area contributed by atoms with Crippen molar-refractivity contribution in [1.82, 2.24) is 5.32 Å². The number of aliphatic carboxylic acids is 1. The molecule has 1 aromatic carbocycles. The number of benzene rings is 1. The van der Waals surface area contributed by atoms with Gasteiger partial charge in [0.05, 0.1) is 6.42 Å². The fourth-order valence-electron chi connectivity index (χ4n) is 2.18. The molecule has 0 radical (unpaired) electrons. The van der Waals surface area contributed by atoms with Crippen LogP contribution in [0.2, 0.25) is 5.02 Å². The van der Waals surface area contributed by atoms with Gasteiger partial charge in [0.15, 0.2) is 0 Å². The average Bonchev–Trinajstić information content (AvgIpc) is 2.43. The van der Waals surface area contributed by atoms with E-state index < -0.39 is 23.5 Å². The van der Waals surface area contributed by atoms with Gasteiger partial charge >= 0.3 is 12.1 Å². The molecule has 1 aromatic rings. The van der Waals surface area contributed by atoms with E-state index in [1.165, 1.54) is 6.08 Å². The number of carbonyl (C=O) groups is 2. The summed E-state index contributed by atoms with van der Waals surface area (Å²) in [4.78, 5) is 22.9. The smallest absolute Gasteiger partial charge is 0.407 e. The van der Waals surface area contributed by atoms with Gasteiger partial charge in [0.2, 0.25) is 0 Å². The number of hydrogen-bond acceptors (Lipinski definition) is 3. The fourth-order valence-corrected chi connectivity index (χ4v) is 2.31. The van der Waals surface area contributed by atoms with E-state index in [0.29, 0.717) is 5.02 Å². The Morgan fingerprint density at radius 1 is 1.41 bits per heavy atom. The van der Waals surface area contributed by atoms with Crippen LogP contribution in [0.3, 0.4) is 0 Å². The van der Waals surface area contributed by atoms with Gasteiger partial charge < -0.3 is 15.2 Å². The summed E-state index contributed by atoms with van der Waals surface area (Å²) >= 11 is 5.86. The lowest BCUT2D eigenvalue weighted by Crippen LogP contribution is -2.48. The maximum Gasteiger partial charge on any atom is 0.407 e. The quantitative estimate of drug-likeness (QED) is 0.751. The van der Waals surface area contributed by atoms with Crippen molar-refractivity contribution >= 4 is 23.7 Å². The van der Waals surface area contributed by atoms with Crippen molar-refractivity contribution in [3.8, 4) is 0 Å². The normalized spacial score (nSPS) is 12.3. The molecule has 1 amide bonds. The number of carboxylic acids is 1. The van der Waals surface area contributed by atoms with Crippen LogP contribution in [-0.2, 0) is 9.53 Å². The summed E-state index contributed by atoms with van der Waals surface area (Å²) in [5.41, 5.74) is -0.0365. The summed E-state index contributed by atoms with van der Waals surface area (Å²) in [5, 5.41) is 12.4.